The zero-order valence-corrected chi connectivity index (χ0v) is 14.3. The van der Waals surface area contributed by atoms with Crippen LogP contribution in [-0.4, -0.2) is 28.2 Å². The van der Waals surface area contributed by atoms with E-state index in [-0.39, 0.29) is 12.5 Å². The number of fused-ring (bicyclic) bond motifs is 1. The van der Waals surface area contributed by atoms with E-state index in [2.05, 4.69) is 5.32 Å². The van der Waals surface area contributed by atoms with Crippen molar-refractivity contribution in [1.82, 2.24) is 9.88 Å². The number of benzene rings is 2. The van der Waals surface area contributed by atoms with Gasteiger partial charge in [-0.25, -0.2) is 0 Å². The number of para-hydroxylation sites is 1. The lowest BCUT2D eigenvalue weighted by molar-refractivity contribution is -0.127. The number of aryl methyl sites for hydroxylation is 1. The molecule has 0 unspecified atom stereocenters. The van der Waals surface area contributed by atoms with E-state index >= 15 is 0 Å². The standard InChI is InChI=1S/C20H22N2O3/c1-14(25-17-6-4-3-5-7-17)20(24)21-13-19(23)16-8-9-18-15(12-16)10-11-22(18)2/h3-12,14,19,23H,13H2,1-2H3,(H,21,24)/t14-,19-/m1/s1. The van der Waals surface area contributed by atoms with E-state index in [0.29, 0.717) is 5.75 Å². The van der Waals surface area contributed by atoms with Crippen LogP contribution in [0.3, 0.4) is 0 Å². The van der Waals surface area contributed by atoms with Crippen LogP contribution in [0.2, 0.25) is 0 Å². The summed E-state index contributed by atoms with van der Waals surface area (Å²) in [5.74, 6) is 0.379. The van der Waals surface area contributed by atoms with Gasteiger partial charge in [-0.1, -0.05) is 24.3 Å². The molecule has 0 spiro atoms. The van der Waals surface area contributed by atoms with Crippen LogP contribution in [0.4, 0.5) is 0 Å². The van der Waals surface area contributed by atoms with Crippen LogP contribution in [0.15, 0.2) is 60.8 Å². The molecule has 2 atom stereocenters. The van der Waals surface area contributed by atoms with Gasteiger partial charge in [-0.05, 0) is 48.2 Å². The Labute approximate surface area is 146 Å². The van der Waals surface area contributed by atoms with Gasteiger partial charge in [0.2, 0.25) is 0 Å². The first-order valence-electron chi connectivity index (χ1n) is 8.27. The molecule has 3 aromatic rings. The third kappa shape index (κ3) is 4.00. The summed E-state index contributed by atoms with van der Waals surface area (Å²) in [6, 6.07) is 17.0. The minimum Gasteiger partial charge on any atom is -0.481 e. The topological polar surface area (TPSA) is 63.5 Å². The molecule has 2 aromatic carbocycles. The number of aliphatic hydroxyl groups excluding tert-OH is 1. The van der Waals surface area contributed by atoms with Gasteiger partial charge in [-0.15, -0.1) is 0 Å². The van der Waals surface area contributed by atoms with Gasteiger partial charge in [0.25, 0.3) is 5.91 Å². The van der Waals surface area contributed by atoms with Crippen molar-refractivity contribution in [2.45, 2.75) is 19.1 Å². The molecular formula is C20H22N2O3. The van der Waals surface area contributed by atoms with Gasteiger partial charge in [0.05, 0.1) is 6.10 Å². The fourth-order valence-corrected chi connectivity index (χ4v) is 2.72. The highest BCUT2D eigenvalue weighted by Crippen LogP contribution is 2.21. The molecule has 0 saturated carbocycles. The molecule has 1 aromatic heterocycles. The summed E-state index contributed by atoms with van der Waals surface area (Å²) >= 11 is 0. The number of amides is 1. The average molecular weight is 338 g/mol. The number of ether oxygens (including phenoxy) is 1. The molecule has 1 heterocycles. The molecular weight excluding hydrogens is 316 g/mol. The molecule has 1 amide bonds. The number of aromatic nitrogens is 1. The van der Waals surface area contributed by atoms with Crippen molar-refractivity contribution in [3.05, 3.63) is 66.4 Å². The van der Waals surface area contributed by atoms with E-state index < -0.39 is 12.2 Å². The largest absolute Gasteiger partial charge is 0.481 e. The second-order valence-electron chi connectivity index (χ2n) is 6.08. The van der Waals surface area contributed by atoms with Gasteiger partial charge < -0.3 is 19.7 Å². The minimum absolute atomic E-state index is 0.139. The van der Waals surface area contributed by atoms with E-state index in [9.17, 15) is 9.90 Å². The number of aliphatic hydroxyl groups is 1. The molecule has 0 radical (unpaired) electrons. The van der Waals surface area contributed by atoms with Gasteiger partial charge >= 0.3 is 0 Å². The Morgan fingerprint density at radius 2 is 1.96 bits per heavy atom. The highest BCUT2D eigenvalue weighted by molar-refractivity contribution is 5.81. The first kappa shape index (κ1) is 17.0. The number of hydrogen-bond acceptors (Lipinski definition) is 3. The van der Waals surface area contributed by atoms with Gasteiger partial charge in [-0.2, -0.15) is 0 Å². The van der Waals surface area contributed by atoms with E-state index in [1.165, 1.54) is 0 Å². The molecule has 5 nitrogen and oxygen atoms in total. The fourth-order valence-electron chi connectivity index (χ4n) is 2.72. The Morgan fingerprint density at radius 3 is 2.72 bits per heavy atom. The van der Waals surface area contributed by atoms with Crippen molar-refractivity contribution in [2.24, 2.45) is 7.05 Å². The van der Waals surface area contributed by atoms with E-state index in [4.69, 9.17) is 4.74 Å². The highest BCUT2D eigenvalue weighted by atomic mass is 16.5. The number of carbonyl (C=O) groups excluding carboxylic acids is 1. The Morgan fingerprint density at radius 1 is 1.20 bits per heavy atom. The lowest BCUT2D eigenvalue weighted by Gasteiger charge is -2.17. The van der Waals surface area contributed by atoms with Crippen molar-refractivity contribution in [1.29, 1.82) is 0 Å². The van der Waals surface area contributed by atoms with Crippen molar-refractivity contribution < 1.29 is 14.6 Å². The smallest absolute Gasteiger partial charge is 0.260 e. The fraction of sp³-hybridized carbons (Fsp3) is 0.250. The van der Waals surface area contributed by atoms with Crippen molar-refractivity contribution in [3.63, 3.8) is 0 Å². The molecule has 2 N–H and O–H groups in total. The van der Waals surface area contributed by atoms with Crippen molar-refractivity contribution >= 4 is 16.8 Å². The maximum Gasteiger partial charge on any atom is 0.260 e. The number of hydrogen-bond donors (Lipinski definition) is 2. The first-order chi connectivity index (χ1) is 12.0. The Hall–Kier alpha value is -2.79. The van der Waals surface area contributed by atoms with Crippen LogP contribution in [-0.2, 0) is 11.8 Å². The van der Waals surface area contributed by atoms with Crippen LogP contribution in [0.5, 0.6) is 5.75 Å². The second-order valence-corrected chi connectivity index (χ2v) is 6.08. The summed E-state index contributed by atoms with van der Waals surface area (Å²) in [6.45, 7) is 1.82. The zero-order chi connectivity index (χ0) is 17.8. The molecule has 25 heavy (non-hydrogen) atoms. The lowest BCUT2D eigenvalue weighted by Crippen LogP contribution is -2.38. The van der Waals surface area contributed by atoms with Crippen LogP contribution >= 0.6 is 0 Å². The summed E-state index contributed by atoms with van der Waals surface area (Å²) in [7, 11) is 1.98. The molecule has 0 fully saturated rings. The van der Waals surface area contributed by atoms with Crippen LogP contribution in [0, 0.1) is 0 Å². The number of carbonyl (C=O) groups is 1. The van der Waals surface area contributed by atoms with Gasteiger partial charge in [0, 0.05) is 25.3 Å². The molecule has 130 valence electrons. The molecule has 0 aliphatic rings. The zero-order valence-electron chi connectivity index (χ0n) is 14.3. The summed E-state index contributed by atoms with van der Waals surface area (Å²) < 4.78 is 7.60. The van der Waals surface area contributed by atoms with Gasteiger partial charge in [-0.3, -0.25) is 4.79 Å². The second kappa shape index (κ2) is 7.40. The minimum atomic E-state index is -0.766. The molecule has 0 bridgehead atoms. The molecule has 0 aliphatic heterocycles. The Bertz CT molecular complexity index is 858. The lowest BCUT2D eigenvalue weighted by atomic mass is 10.1. The van der Waals surface area contributed by atoms with Gasteiger partial charge in [0.1, 0.15) is 5.75 Å². The Balaban J connectivity index is 1.56. The summed E-state index contributed by atoms with van der Waals surface area (Å²) in [4.78, 5) is 12.1. The van der Waals surface area contributed by atoms with Crippen LogP contribution in [0.25, 0.3) is 10.9 Å². The van der Waals surface area contributed by atoms with Crippen molar-refractivity contribution in [2.75, 3.05) is 6.54 Å². The maximum atomic E-state index is 12.1. The monoisotopic (exact) mass is 338 g/mol. The summed E-state index contributed by atoms with van der Waals surface area (Å²) in [6.07, 6.45) is 0.578. The summed E-state index contributed by atoms with van der Waals surface area (Å²) in [5.41, 5.74) is 1.88. The predicted molar refractivity (Wildman–Crippen MR) is 97.4 cm³/mol. The predicted octanol–water partition coefficient (Wildman–Crippen LogP) is 2.80. The van der Waals surface area contributed by atoms with E-state index in [0.717, 1.165) is 16.5 Å². The third-order valence-corrected chi connectivity index (χ3v) is 4.19. The average Bonchev–Trinajstić information content (AvgIpc) is 3.00. The third-order valence-electron chi connectivity index (χ3n) is 4.19. The van der Waals surface area contributed by atoms with Crippen molar-refractivity contribution in [3.8, 4) is 5.75 Å². The SMILES string of the molecule is C[C@@H](Oc1ccccc1)C(=O)NC[C@@H](O)c1ccc2c(ccn2C)c1. The number of nitrogens with one attached hydrogen (secondary N) is 1. The molecule has 0 saturated heterocycles. The Kier molecular flexibility index (Phi) is 5.05. The van der Waals surface area contributed by atoms with Crippen LogP contribution in [0.1, 0.15) is 18.6 Å². The number of nitrogens with zero attached hydrogens (tertiary/aromatic N) is 1. The highest BCUT2D eigenvalue weighted by Gasteiger charge is 2.16. The quantitative estimate of drug-likeness (QED) is 0.726. The van der Waals surface area contributed by atoms with Crippen LogP contribution < -0.4 is 10.1 Å². The molecule has 0 aliphatic carbocycles. The molecule has 5 heteroatoms. The molecule has 3 rings (SSSR count). The number of rotatable bonds is 6. The van der Waals surface area contributed by atoms with E-state index in [1.54, 1.807) is 19.1 Å². The maximum absolute atomic E-state index is 12.1. The first-order valence-corrected chi connectivity index (χ1v) is 8.27. The van der Waals surface area contributed by atoms with E-state index in [1.807, 2.05) is 60.3 Å². The summed E-state index contributed by atoms with van der Waals surface area (Å²) in [5, 5.41) is 14.1. The normalized spacial score (nSPS) is 13.4. The van der Waals surface area contributed by atoms with Gasteiger partial charge in [0.15, 0.2) is 6.10 Å².